The van der Waals surface area contributed by atoms with E-state index < -0.39 is 23.2 Å². The summed E-state index contributed by atoms with van der Waals surface area (Å²) >= 11 is 0. The number of nitrogens with one attached hydrogen (secondary N) is 1. The van der Waals surface area contributed by atoms with Crippen molar-refractivity contribution in [1.29, 1.82) is 0 Å². The summed E-state index contributed by atoms with van der Waals surface area (Å²) in [5, 5.41) is 2.55. The van der Waals surface area contributed by atoms with Gasteiger partial charge < -0.3 is 10.1 Å². The summed E-state index contributed by atoms with van der Waals surface area (Å²) in [5.41, 5.74) is -1.31. The first-order chi connectivity index (χ1) is 10.6. The van der Waals surface area contributed by atoms with Crippen molar-refractivity contribution in [1.82, 2.24) is 5.32 Å². The Balaban J connectivity index is 2.82. The quantitative estimate of drug-likeness (QED) is 0.815. The largest absolute Gasteiger partial charge is 0.464 e. The van der Waals surface area contributed by atoms with Gasteiger partial charge in [-0.15, -0.1) is 0 Å². The van der Waals surface area contributed by atoms with Gasteiger partial charge in [0.2, 0.25) is 5.91 Å². The molecular formula is C16H20F3NO3. The van der Waals surface area contributed by atoms with Gasteiger partial charge in [0.15, 0.2) is 0 Å². The van der Waals surface area contributed by atoms with E-state index in [1.165, 1.54) is 26.0 Å². The standard InChI is InChI=1S/C16H20F3NO3/c1-4-23-14(22)15(3,20-11(2)21)10-9-12-5-7-13(8-6-12)16(17,18)19/h5-8H,4,9-10H2,1-3H3,(H,20,21). The summed E-state index contributed by atoms with van der Waals surface area (Å²) in [5.74, 6) is -0.949. The van der Waals surface area contributed by atoms with Gasteiger partial charge in [-0.3, -0.25) is 4.79 Å². The summed E-state index contributed by atoms with van der Waals surface area (Å²) in [7, 11) is 0. The van der Waals surface area contributed by atoms with Crippen molar-refractivity contribution in [3.8, 4) is 0 Å². The van der Waals surface area contributed by atoms with Gasteiger partial charge in [-0.25, -0.2) is 4.79 Å². The number of amides is 1. The summed E-state index contributed by atoms with van der Waals surface area (Å²) in [6.45, 7) is 4.66. The van der Waals surface area contributed by atoms with Crippen LogP contribution in [0.15, 0.2) is 24.3 Å². The molecule has 1 atom stereocenters. The van der Waals surface area contributed by atoms with E-state index >= 15 is 0 Å². The maximum atomic E-state index is 12.5. The van der Waals surface area contributed by atoms with Crippen molar-refractivity contribution < 1.29 is 27.5 Å². The minimum Gasteiger partial charge on any atom is -0.464 e. The number of aryl methyl sites for hydroxylation is 1. The molecule has 0 saturated heterocycles. The van der Waals surface area contributed by atoms with E-state index in [-0.39, 0.29) is 18.9 Å². The van der Waals surface area contributed by atoms with Crippen LogP contribution in [0, 0.1) is 0 Å². The Morgan fingerprint density at radius 1 is 1.17 bits per heavy atom. The van der Waals surface area contributed by atoms with Gasteiger partial charge in [0.05, 0.1) is 12.2 Å². The van der Waals surface area contributed by atoms with E-state index in [4.69, 9.17) is 4.74 Å². The second-order valence-corrected chi connectivity index (χ2v) is 5.43. The zero-order valence-electron chi connectivity index (χ0n) is 13.3. The molecular weight excluding hydrogens is 311 g/mol. The third-order valence-electron chi connectivity index (χ3n) is 3.37. The van der Waals surface area contributed by atoms with Gasteiger partial charge in [-0.1, -0.05) is 12.1 Å². The first-order valence-electron chi connectivity index (χ1n) is 7.20. The maximum absolute atomic E-state index is 12.5. The first-order valence-corrected chi connectivity index (χ1v) is 7.20. The Kier molecular flexibility index (Phi) is 6.18. The van der Waals surface area contributed by atoms with Crippen LogP contribution in [-0.4, -0.2) is 24.0 Å². The molecule has 0 bridgehead atoms. The minimum absolute atomic E-state index is 0.175. The van der Waals surface area contributed by atoms with Crippen molar-refractivity contribution in [3.63, 3.8) is 0 Å². The fourth-order valence-corrected chi connectivity index (χ4v) is 2.15. The van der Waals surface area contributed by atoms with Crippen LogP contribution in [0.2, 0.25) is 0 Å². The molecule has 1 amide bonds. The van der Waals surface area contributed by atoms with E-state index in [0.717, 1.165) is 12.1 Å². The normalized spacial score (nSPS) is 14.0. The lowest BCUT2D eigenvalue weighted by Crippen LogP contribution is -2.52. The van der Waals surface area contributed by atoms with E-state index in [1.54, 1.807) is 6.92 Å². The number of ether oxygens (including phenoxy) is 1. The number of carbonyl (C=O) groups is 2. The Bertz CT molecular complexity index is 555. The van der Waals surface area contributed by atoms with Crippen LogP contribution in [0.4, 0.5) is 13.2 Å². The fraction of sp³-hybridized carbons (Fsp3) is 0.500. The molecule has 0 aliphatic rings. The van der Waals surface area contributed by atoms with Crippen molar-refractivity contribution in [2.45, 2.75) is 45.3 Å². The molecule has 0 aromatic heterocycles. The van der Waals surface area contributed by atoms with Crippen LogP contribution in [0.5, 0.6) is 0 Å². The number of hydrogen-bond acceptors (Lipinski definition) is 3. The number of carbonyl (C=O) groups excluding carboxylic acids is 2. The Hall–Kier alpha value is -2.05. The second-order valence-electron chi connectivity index (χ2n) is 5.43. The highest BCUT2D eigenvalue weighted by atomic mass is 19.4. The molecule has 0 radical (unpaired) electrons. The lowest BCUT2D eigenvalue weighted by Gasteiger charge is -2.28. The molecule has 23 heavy (non-hydrogen) atoms. The molecule has 0 spiro atoms. The lowest BCUT2D eigenvalue weighted by atomic mass is 9.92. The first kappa shape index (κ1) is 19.0. The third-order valence-corrected chi connectivity index (χ3v) is 3.37. The Morgan fingerprint density at radius 3 is 2.17 bits per heavy atom. The van der Waals surface area contributed by atoms with Gasteiger partial charge in [0.25, 0.3) is 0 Å². The molecule has 0 fully saturated rings. The second kappa shape index (κ2) is 7.48. The zero-order valence-corrected chi connectivity index (χ0v) is 13.3. The van der Waals surface area contributed by atoms with Crippen LogP contribution in [0.1, 0.15) is 38.3 Å². The van der Waals surface area contributed by atoms with Gasteiger partial charge >= 0.3 is 12.1 Å². The molecule has 0 aliphatic heterocycles. The summed E-state index contributed by atoms with van der Waals surface area (Å²) in [4.78, 5) is 23.3. The monoisotopic (exact) mass is 331 g/mol. The maximum Gasteiger partial charge on any atom is 0.416 e. The molecule has 1 aromatic carbocycles. The predicted octanol–water partition coefficient (Wildman–Crippen LogP) is 3.10. The number of alkyl halides is 3. The van der Waals surface area contributed by atoms with Crippen LogP contribution in [0.3, 0.4) is 0 Å². The van der Waals surface area contributed by atoms with Gasteiger partial charge in [-0.2, -0.15) is 13.2 Å². The molecule has 1 aromatic rings. The van der Waals surface area contributed by atoms with E-state index in [0.29, 0.717) is 12.0 Å². The highest BCUT2D eigenvalue weighted by molar-refractivity contribution is 5.86. The van der Waals surface area contributed by atoms with Crippen molar-refractivity contribution in [2.24, 2.45) is 0 Å². The summed E-state index contributed by atoms with van der Waals surface area (Å²) in [6, 6.07) is 4.72. The third kappa shape index (κ3) is 5.58. The molecule has 7 heteroatoms. The number of hydrogen-bond donors (Lipinski definition) is 1. The number of esters is 1. The molecule has 128 valence electrons. The minimum atomic E-state index is -4.38. The van der Waals surface area contributed by atoms with Crippen molar-refractivity contribution >= 4 is 11.9 Å². The van der Waals surface area contributed by atoms with Crippen LogP contribution >= 0.6 is 0 Å². The number of rotatable bonds is 6. The smallest absolute Gasteiger partial charge is 0.416 e. The van der Waals surface area contributed by atoms with Crippen LogP contribution in [0.25, 0.3) is 0 Å². The number of halogens is 3. The van der Waals surface area contributed by atoms with E-state index in [2.05, 4.69) is 5.32 Å². The average molecular weight is 331 g/mol. The molecule has 1 unspecified atom stereocenters. The summed E-state index contributed by atoms with van der Waals surface area (Å²) in [6.07, 6.45) is -3.83. The molecule has 0 aliphatic carbocycles. The highest BCUT2D eigenvalue weighted by Gasteiger charge is 2.35. The van der Waals surface area contributed by atoms with Gasteiger partial charge in [0, 0.05) is 6.92 Å². The molecule has 0 heterocycles. The van der Waals surface area contributed by atoms with Crippen molar-refractivity contribution in [2.75, 3.05) is 6.61 Å². The van der Waals surface area contributed by atoms with Crippen molar-refractivity contribution in [3.05, 3.63) is 35.4 Å². The van der Waals surface area contributed by atoms with Crippen LogP contribution < -0.4 is 5.32 Å². The Labute approximate surface area is 133 Å². The summed E-state index contributed by atoms with van der Waals surface area (Å²) < 4.78 is 42.5. The van der Waals surface area contributed by atoms with Crippen LogP contribution in [-0.2, 0) is 26.9 Å². The van der Waals surface area contributed by atoms with E-state index in [9.17, 15) is 22.8 Å². The average Bonchev–Trinajstić information content (AvgIpc) is 2.44. The molecule has 1 N–H and O–H groups in total. The molecule has 0 saturated carbocycles. The molecule has 4 nitrogen and oxygen atoms in total. The fourth-order valence-electron chi connectivity index (χ4n) is 2.15. The van der Waals surface area contributed by atoms with Gasteiger partial charge in [0.1, 0.15) is 5.54 Å². The topological polar surface area (TPSA) is 55.4 Å². The highest BCUT2D eigenvalue weighted by Crippen LogP contribution is 2.29. The van der Waals surface area contributed by atoms with E-state index in [1.807, 2.05) is 0 Å². The lowest BCUT2D eigenvalue weighted by molar-refractivity contribution is -0.152. The molecule has 1 rings (SSSR count). The SMILES string of the molecule is CCOC(=O)C(C)(CCc1ccc(C(F)(F)F)cc1)NC(C)=O. The van der Waals surface area contributed by atoms with Gasteiger partial charge in [-0.05, 0) is 44.4 Å². The Morgan fingerprint density at radius 2 is 1.74 bits per heavy atom. The zero-order chi connectivity index (χ0) is 17.7. The number of benzene rings is 1. The predicted molar refractivity (Wildman–Crippen MR) is 78.6 cm³/mol.